The molecule has 5 nitrogen and oxygen atoms in total. The van der Waals surface area contributed by atoms with E-state index >= 15 is 0 Å². The largest absolute Gasteiger partial charge is 0.494 e. The highest BCUT2D eigenvalue weighted by Crippen LogP contribution is 2.21. The van der Waals surface area contributed by atoms with Gasteiger partial charge < -0.3 is 9.47 Å². The van der Waals surface area contributed by atoms with Crippen LogP contribution in [0.15, 0.2) is 47.6 Å². The van der Waals surface area contributed by atoms with Crippen LogP contribution in [0.4, 0.5) is 0 Å². The van der Waals surface area contributed by atoms with Gasteiger partial charge in [-0.25, -0.2) is 5.43 Å². The molecule has 0 aliphatic rings. The molecule has 2 rings (SSSR count). The van der Waals surface area contributed by atoms with Crippen molar-refractivity contribution in [3.05, 3.63) is 58.6 Å². The summed E-state index contributed by atoms with van der Waals surface area (Å²) in [5, 5.41) is 4.53. The summed E-state index contributed by atoms with van der Waals surface area (Å²) in [6.07, 6.45) is 1.50. The van der Waals surface area contributed by atoms with Crippen molar-refractivity contribution in [2.24, 2.45) is 5.10 Å². The number of ether oxygens (including phenoxy) is 2. The topological polar surface area (TPSA) is 59.9 Å². The van der Waals surface area contributed by atoms with Gasteiger partial charge in [0.25, 0.3) is 5.91 Å². The number of hydrogen-bond donors (Lipinski definition) is 1. The second-order valence-electron chi connectivity index (χ2n) is 4.77. The van der Waals surface area contributed by atoms with Crippen molar-refractivity contribution in [2.75, 3.05) is 13.2 Å². The van der Waals surface area contributed by atoms with E-state index in [9.17, 15) is 4.79 Å². The highest BCUT2D eigenvalue weighted by Gasteiger charge is 2.05. The summed E-state index contributed by atoms with van der Waals surface area (Å²) in [5.41, 5.74) is 3.66. The average Bonchev–Trinajstić information content (AvgIpc) is 2.58. The normalized spacial score (nSPS) is 10.6. The van der Waals surface area contributed by atoms with Crippen molar-refractivity contribution in [3.8, 4) is 11.5 Å². The molecule has 2 aromatic rings. The van der Waals surface area contributed by atoms with E-state index in [-0.39, 0.29) is 5.91 Å². The maximum atomic E-state index is 12.1. The first-order valence-electron chi connectivity index (χ1n) is 7.62. The van der Waals surface area contributed by atoms with E-state index < -0.39 is 0 Å². The summed E-state index contributed by atoms with van der Waals surface area (Å²) in [6.45, 7) is 4.91. The van der Waals surface area contributed by atoms with Gasteiger partial charge >= 0.3 is 0 Å². The third-order valence-corrected chi connectivity index (χ3v) is 3.30. The van der Waals surface area contributed by atoms with Gasteiger partial charge in [-0.15, -0.1) is 0 Å². The molecule has 0 saturated carbocycles. The SMILES string of the molecule is CCOc1ccc(C(=O)N/N=C\c2cc(Cl)ccc2OCC)cc1. The van der Waals surface area contributed by atoms with Crippen molar-refractivity contribution in [1.82, 2.24) is 5.43 Å². The molecule has 6 heteroatoms. The lowest BCUT2D eigenvalue weighted by atomic mass is 10.2. The minimum atomic E-state index is -0.311. The molecule has 0 bridgehead atoms. The second kappa shape index (κ2) is 8.93. The predicted molar refractivity (Wildman–Crippen MR) is 95.3 cm³/mol. The fourth-order valence-electron chi connectivity index (χ4n) is 2.00. The average molecular weight is 347 g/mol. The van der Waals surface area contributed by atoms with Gasteiger partial charge in [-0.1, -0.05) is 11.6 Å². The standard InChI is InChI=1S/C18H19ClN2O3/c1-3-23-16-8-5-13(6-9-16)18(22)21-20-12-14-11-15(19)7-10-17(14)24-4-2/h5-12H,3-4H2,1-2H3,(H,21,22)/b20-12-. The molecule has 0 aliphatic heterocycles. The monoisotopic (exact) mass is 346 g/mol. The Morgan fingerprint density at radius 3 is 2.50 bits per heavy atom. The van der Waals surface area contributed by atoms with Crippen LogP contribution in [-0.2, 0) is 0 Å². The van der Waals surface area contributed by atoms with Crippen molar-refractivity contribution < 1.29 is 14.3 Å². The molecule has 0 heterocycles. The molecule has 2 aromatic carbocycles. The molecule has 126 valence electrons. The number of benzene rings is 2. The second-order valence-corrected chi connectivity index (χ2v) is 5.21. The summed E-state index contributed by atoms with van der Waals surface area (Å²) >= 11 is 5.98. The van der Waals surface area contributed by atoms with E-state index in [0.717, 1.165) is 5.75 Å². The van der Waals surface area contributed by atoms with Gasteiger partial charge in [0.05, 0.1) is 19.4 Å². The molecule has 1 amide bonds. The molecule has 0 radical (unpaired) electrons. The first-order valence-corrected chi connectivity index (χ1v) is 8.00. The van der Waals surface area contributed by atoms with Crippen LogP contribution in [-0.4, -0.2) is 25.3 Å². The van der Waals surface area contributed by atoms with E-state index in [1.807, 2.05) is 13.8 Å². The van der Waals surface area contributed by atoms with Gasteiger partial charge in [-0.2, -0.15) is 5.10 Å². The van der Waals surface area contributed by atoms with E-state index in [1.165, 1.54) is 6.21 Å². The van der Waals surface area contributed by atoms with Crippen molar-refractivity contribution in [1.29, 1.82) is 0 Å². The van der Waals surface area contributed by atoms with Crippen LogP contribution in [0, 0.1) is 0 Å². The zero-order chi connectivity index (χ0) is 17.4. The lowest BCUT2D eigenvalue weighted by molar-refractivity contribution is 0.0955. The third-order valence-electron chi connectivity index (χ3n) is 3.07. The van der Waals surface area contributed by atoms with Crippen molar-refractivity contribution in [2.45, 2.75) is 13.8 Å². The van der Waals surface area contributed by atoms with Gasteiger partial charge in [0, 0.05) is 16.1 Å². The number of rotatable bonds is 7. The molecule has 1 N–H and O–H groups in total. The van der Waals surface area contributed by atoms with Gasteiger partial charge in [-0.3, -0.25) is 4.79 Å². The maximum absolute atomic E-state index is 12.1. The summed E-state index contributed by atoms with van der Waals surface area (Å²) in [4.78, 5) is 12.1. The predicted octanol–water partition coefficient (Wildman–Crippen LogP) is 3.90. The number of nitrogens with one attached hydrogen (secondary N) is 1. The smallest absolute Gasteiger partial charge is 0.271 e. The molecule has 0 fully saturated rings. The number of amides is 1. The summed E-state index contributed by atoms with van der Waals surface area (Å²) in [5.74, 6) is 1.06. The Hall–Kier alpha value is -2.53. The molecule has 0 aliphatic carbocycles. The minimum Gasteiger partial charge on any atom is -0.494 e. The van der Waals surface area contributed by atoms with Gasteiger partial charge in [0.15, 0.2) is 0 Å². The van der Waals surface area contributed by atoms with Crippen molar-refractivity contribution >= 4 is 23.7 Å². The number of halogens is 1. The molecular formula is C18H19ClN2O3. The third kappa shape index (κ3) is 4.99. The van der Waals surface area contributed by atoms with Crippen LogP contribution < -0.4 is 14.9 Å². The van der Waals surface area contributed by atoms with Gasteiger partial charge in [0.2, 0.25) is 0 Å². The first kappa shape index (κ1) is 17.8. The Labute approximate surface area is 146 Å². The van der Waals surface area contributed by atoms with Crippen LogP contribution in [0.5, 0.6) is 11.5 Å². The van der Waals surface area contributed by atoms with Gasteiger partial charge in [0.1, 0.15) is 11.5 Å². The van der Waals surface area contributed by atoms with Gasteiger partial charge in [-0.05, 0) is 56.3 Å². The quantitative estimate of drug-likeness (QED) is 0.611. The van der Waals surface area contributed by atoms with E-state index in [4.69, 9.17) is 21.1 Å². The fraction of sp³-hybridized carbons (Fsp3) is 0.222. The lowest BCUT2D eigenvalue weighted by Crippen LogP contribution is -2.17. The van der Waals surface area contributed by atoms with Crippen LogP contribution in [0.25, 0.3) is 0 Å². The Kier molecular flexibility index (Phi) is 6.63. The number of carbonyl (C=O) groups excluding carboxylic acids is 1. The number of nitrogens with zero attached hydrogens (tertiary/aromatic N) is 1. The highest BCUT2D eigenvalue weighted by atomic mass is 35.5. The molecule has 24 heavy (non-hydrogen) atoms. The Morgan fingerprint density at radius 1 is 1.12 bits per heavy atom. The zero-order valence-corrected chi connectivity index (χ0v) is 14.3. The first-order chi connectivity index (χ1) is 11.6. The molecule has 0 unspecified atom stereocenters. The van der Waals surface area contributed by atoms with Crippen LogP contribution in [0.3, 0.4) is 0 Å². The molecule has 0 spiro atoms. The fourth-order valence-corrected chi connectivity index (χ4v) is 2.18. The zero-order valence-electron chi connectivity index (χ0n) is 13.6. The summed E-state index contributed by atoms with van der Waals surface area (Å²) < 4.78 is 10.8. The number of carbonyl (C=O) groups is 1. The molecular weight excluding hydrogens is 328 g/mol. The number of hydrazone groups is 1. The molecule has 0 atom stereocenters. The highest BCUT2D eigenvalue weighted by molar-refractivity contribution is 6.30. The van der Waals surface area contributed by atoms with Crippen LogP contribution in [0.2, 0.25) is 5.02 Å². The Balaban J connectivity index is 2.03. The van der Waals surface area contributed by atoms with E-state index in [2.05, 4.69) is 10.5 Å². The van der Waals surface area contributed by atoms with Crippen LogP contribution >= 0.6 is 11.6 Å². The summed E-state index contributed by atoms with van der Waals surface area (Å²) in [6, 6.07) is 12.1. The Morgan fingerprint density at radius 2 is 1.83 bits per heavy atom. The molecule has 0 saturated heterocycles. The minimum absolute atomic E-state index is 0.311. The van der Waals surface area contributed by atoms with E-state index in [1.54, 1.807) is 42.5 Å². The van der Waals surface area contributed by atoms with Crippen LogP contribution in [0.1, 0.15) is 29.8 Å². The summed E-state index contributed by atoms with van der Waals surface area (Å²) in [7, 11) is 0. The molecule has 0 aromatic heterocycles. The Bertz CT molecular complexity index is 715. The number of hydrogen-bond acceptors (Lipinski definition) is 4. The lowest BCUT2D eigenvalue weighted by Gasteiger charge is -2.07. The maximum Gasteiger partial charge on any atom is 0.271 e. The van der Waals surface area contributed by atoms with E-state index in [0.29, 0.717) is 35.1 Å². The van der Waals surface area contributed by atoms with Crippen molar-refractivity contribution in [3.63, 3.8) is 0 Å².